The van der Waals surface area contributed by atoms with Crippen LogP contribution in [0.15, 0.2) is 30.3 Å². The van der Waals surface area contributed by atoms with Crippen molar-refractivity contribution in [3.63, 3.8) is 0 Å². The van der Waals surface area contributed by atoms with E-state index in [1.807, 2.05) is 0 Å². The summed E-state index contributed by atoms with van der Waals surface area (Å²) in [7, 11) is 0. The van der Waals surface area contributed by atoms with Crippen LogP contribution in [0.5, 0.6) is 28.7 Å². The Labute approximate surface area is 122 Å². The van der Waals surface area contributed by atoms with Gasteiger partial charge in [0.1, 0.15) is 23.3 Å². The Morgan fingerprint density at radius 1 is 1.05 bits per heavy atom. The summed E-state index contributed by atoms with van der Waals surface area (Å²) in [4.78, 5) is 0. The quantitative estimate of drug-likeness (QED) is 0.510. The fraction of sp³-hybridized carbons (Fsp3) is 0.200. The van der Waals surface area contributed by atoms with Gasteiger partial charge in [-0.2, -0.15) is 0 Å². The Hall–Kier alpha value is -2.60. The number of benzene rings is 2. The van der Waals surface area contributed by atoms with E-state index in [-0.39, 0.29) is 22.6 Å². The van der Waals surface area contributed by atoms with Crippen LogP contribution in [0.4, 0.5) is 0 Å². The third kappa shape index (κ3) is 2.30. The van der Waals surface area contributed by atoms with E-state index in [1.165, 1.54) is 6.07 Å². The fourth-order valence-electron chi connectivity index (χ4n) is 2.17. The van der Waals surface area contributed by atoms with Crippen molar-refractivity contribution >= 4 is 0 Å². The summed E-state index contributed by atoms with van der Waals surface area (Å²) in [5.74, 6) is -1.76. The van der Waals surface area contributed by atoms with Gasteiger partial charge in [0.2, 0.25) is 0 Å². The minimum atomic E-state index is -2.16. The molecule has 0 saturated carbocycles. The van der Waals surface area contributed by atoms with Gasteiger partial charge in [0, 0.05) is 25.5 Å². The van der Waals surface area contributed by atoms with E-state index < -0.39 is 35.8 Å². The summed E-state index contributed by atoms with van der Waals surface area (Å²) in [5, 5.41) is 48.7. The molecule has 1 aliphatic rings. The van der Waals surface area contributed by atoms with Crippen LogP contribution >= 0.6 is 0 Å². The first-order valence-corrected chi connectivity index (χ1v) is 6.11. The lowest BCUT2D eigenvalue weighted by atomic mass is 9.94. The number of ether oxygens (including phenoxy) is 1. The Kier molecular flexibility index (Phi) is 2.51. The van der Waals surface area contributed by atoms with Crippen molar-refractivity contribution in [1.29, 1.82) is 0 Å². The number of hydrogen-bond acceptors (Lipinski definition) is 6. The van der Waals surface area contributed by atoms with Gasteiger partial charge >= 0.3 is 0 Å². The molecule has 3 rings (SSSR count). The zero-order valence-corrected chi connectivity index (χ0v) is 10.7. The monoisotopic (exact) mass is 292 g/mol. The highest BCUT2D eigenvalue weighted by atomic mass is 16.5. The van der Waals surface area contributed by atoms with Crippen LogP contribution in [0.1, 0.15) is 19.9 Å². The molecular weight excluding hydrogens is 276 g/mol. The third-order valence-electron chi connectivity index (χ3n) is 3.18. The molecular formula is C15H14O6. The minimum absolute atomic E-state index is 0.00559. The number of fused-ring (bicyclic) bond motifs is 1. The number of aliphatic hydroxyl groups excluding tert-OH is 1. The lowest BCUT2D eigenvalue weighted by Gasteiger charge is -2.31. The van der Waals surface area contributed by atoms with Gasteiger partial charge < -0.3 is 30.3 Å². The maximum Gasteiger partial charge on any atom is 0.157 e. The molecule has 0 amide bonds. The second-order valence-corrected chi connectivity index (χ2v) is 4.66. The van der Waals surface area contributed by atoms with E-state index in [4.69, 9.17) is 7.48 Å². The van der Waals surface area contributed by atoms with Gasteiger partial charge in [-0.25, -0.2) is 0 Å². The van der Waals surface area contributed by atoms with E-state index in [2.05, 4.69) is 0 Å². The van der Waals surface area contributed by atoms with Crippen LogP contribution in [0, 0.1) is 0 Å². The normalized spacial score (nSPS) is 29.0. The topological polar surface area (TPSA) is 110 Å². The average Bonchev–Trinajstić information content (AvgIpc) is 2.46. The SMILES string of the molecule is [2H]C1c2c(O)cc(O)cc2OC([2H])(c2ccc(O)c(O)c2)[C@H]1O. The summed E-state index contributed by atoms with van der Waals surface area (Å²) >= 11 is 0. The lowest BCUT2D eigenvalue weighted by Crippen LogP contribution is -2.30. The van der Waals surface area contributed by atoms with Crippen molar-refractivity contribution < 1.29 is 33.0 Å². The molecule has 3 atom stereocenters. The molecule has 110 valence electrons. The van der Waals surface area contributed by atoms with Gasteiger partial charge in [-0.15, -0.1) is 0 Å². The third-order valence-corrected chi connectivity index (χ3v) is 3.18. The predicted molar refractivity (Wildman–Crippen MR) is 72.6 cm³/mol. The Balaban J connectivity index is 2.15. The van der Waals surface area contributed by atoms with Gasteiger partial charge in [-0.1, -0.05) is 6.07 Å². The second kappa shape index (κ2) is 4.75. The first-order valence-electron chi connectivity index (χ1n) is 7.19. The smallest absolute Gasteiger partial charge is 0.157 e. The summed E-state index contributed by atoms with van der Waals surface area (Å²) in [6, 6.07) is 5.59. The number of aromatic hydroxyl groups is 4. The highest BCUT2D eigenvalue weighted by Crippen LogP contribution is 2.42. The van der Waals surface area contributed by atoms with E-state index in [9.17, 15) is 25.5 Å². The molecule has 0 fully saturated rings. The molecule has 5 N–H and O–H groups in total. The highest BCUT2D eigenvalue weighted by Gasteiger charge is 2.32. The summed E-state index contributed by atoms with van der Waals surface area (Å²) < 4.78 is 21.9. The van der Waals surface area contributed by atoms with E-state index in [0.29, 0.717) is 0 Å². The van der Waals surface area contributed by atoms with Crippen molar-refractivity contribution in [1.82, 2.24) is 0 Å². The van der Waals surface area contributed by atoms with Crippen molar-refractivity contribution in [2.45, 2.75) is 18.6 Å². The zero-order valence-electron chi connectivity index (χ0n) is 12.7. The number of phenolic OH excluding ortho intramolecular Hbond substituents is 4. The fourth-order valence-corrected chi connectivity index (χ4v) is 2.17. The lowest BCUT2D eigenvalue weighted by molar-refractivity contribution is 0.0197. The Morgan fingerprint density at radius 2 is 1.81 bits per heavy atom. The molecule has 0 saturated heterocycles. The van der Waals surface area contributed by atoms with Crippen molar-refractivity contribution in [3.8, 4) is 28.7 Å². The van der Waals surface area contributed by atoms with Gasteiger partial charge in [0.25, 0.3) is 0 Å². The molecule has 6 nitrogen and oxygen atoms in total. The van der Waals surface area contributed by atoms with Crippen molar-refractivity contribution in [2.24, 2.45) is 0 Å². The first-order chi connectivity index (χ1) is 10.7. The molecule has 2 unspecified atom stereocenters. The van der Waals surface area contributed by atoms with Gasteiger partial charge in [0.15, 0.2) is 11.5 Å². The molecule has 2 aromatic carbocycles. The zero-order chi connectivity index (χ0) is 16.9. The highest BCUT2D eigenvalue weighted by molar-refractivity contribution is 5.52. The van der Waals surface area contributed by atoms with Crippen LogP contribution in [-0.2, 0) is 6.40 Å². The molecule has 21 heavy (non-hydrogen) atoms. The Bertz CT molecular complexity index is 781. The molecule has 0 spiro atoms. The van der Waals surface area contributed by atoms with Gasteiger partial charge in [-0.3, -0.25) is 0 Å². The molecule has 0 aromatic heterocycles. The first kappa shape index (κ1) is 11.1. The maximum absolute atomic E-state index is 10.3. The van der Waals surface area contributed by atoms with Crippen LogP contribution in [0.2, 0.25) is 0 Å². The van der Waals surface area contributed by atoms with Crippen LogP contribution in [0.3, 0.4) is 0 Å². The van der Waals surface area contributed by atoms with Crippen LogP contribution < -0.4 is 4.74 Å². The minimum Gasteiger partial charge on any atom is -0.508 e. The van der Waals surface area contributed by atoms with E-state index in [0.717, 1.165) is 24.3 Å². The van der Waals surface area contributed by atoms with Gasteiger partial charge in [-0.05, 0) is 17.7 Å². The number of rotatable bonds is 1. The maximum atomic E-state index is 10.3. The molecule has 1 aliphatic heterocycles. The summed E-state index contributed by atoms with van der Waals surface area (Å²) in [5.41, 5.74) is -0.0350. The molecule has 0 aliphatic carbocycles. The molecule has 6 heteroatoms. The number of aliphatic hydroxyl groups is 1. The summed E-state index contributed by atoms with van der Waals surface area (Å²) in [6.45, 7) is 0. The van der Waals surface area contributed by atoms with Crippen LogP contribution in [-0.4, -0.2) is 31.6 Å². The van der Waals surface area contributed by atoms with Gasteiger partial charge in [0.05, 0.1) is 7.47 Å². The van der Waals surface area contributed by atoms with Crippen molar-refractivity contribution in [3.05, 3.63) is 41.5 Å². The largest absolute Gasteiger partial charge is 0.508 e. The molecule has 2 aromatic rings. The molecule has 0 radical (unpaired) electrons. The number of hydrogen-bond donors (Lipinski definition) is 5. The second-order valence-electron chi connectivity index (χ2n) is 4.66. The molecule has 1 heterocycles. The average molecular weight is 292 g/mol. The summed E-state index contributed by atoms with van der Waals surface area (Å²) in [6.07, 6.45) is -5.26. The van der Waals surface area contributed by atoms with Crippen LogP contribution in [0.25, 0.3) is 0 Å². The predicted octanol–water partition coefficient (Wildman–Crippen LogP) is 1.55. The van der Waals surface area contributed by atoms with Crippen molar-refractivity contribution in [2.75, 3.05) is 0 Å². The van der Waals surface area contributed by atoms with E-state index in [1.54, 1.807) is 0 Å². The Morgan fingerprint density at radius 3 is 2.52 bits per heavy atom. The standard InChI is InChI=1S/C15H14O6/c16-8-4-11(18)9-6-13(20)15(21-14(9)5-8)7-1-2-10(17)12(19)3-7/h1-5,13,15-20H,6H2/t13-,15?/m0/s1/i6D,15D/t6?,13-,15?. The number of phenols is 4. The van der Waals surface area contributed by atoms with E-state index >= 15 is 0 Å². The molecule has 0 bridgehead atoms.